The number of rotatable bonds is 3. The van der Waals surface area contributed by atoms with Crippen molar-refractivity contribution in [3.8, 4) is 0 Å². The van der Waals surface area contributed by atoms with Gasteiger partial charge in [0.15, 0.2) is 0 Å². The summed E-state index contributed by atoms with van der Waals surface area (Å²) in [6.45, 7) is 7.08. The lowest BCUT2D eigenvalue weighted by molar-refractivity contribution is 0.269. The van der Waals surface area contributed by atoms with E-state index in [-0.39, 0.29) is 0 Å². The molecule has 0 aromatic rings. The molecule has 1 rings (SSSR count). The molecule has 2 atom stereocenters. The van der Waals surface area contributed by atoms with E-state index in [1.165, 1.54) is 44.9 Å². The van der Waals surface area contributed by atoms with Crippen LogP contribution in [0.5, 0.6) is 0 Å². The van der Waals surface area contributed by atoms with Crippen LogP contribution in [0, 0.1) is 11.3 Å². The third kappa shape index (κ3) is 5.01. The minimum Gasteiger partial charge on any atom is -0.317 e. The van der Waals surface area contributed by atoms with Gasteiger partial charge in [-0.1, -0.05) is 40.0 Å². The van der Waals surface area contributed by atoms with Crippen LogP contribution in [-0.2, 0) is 0 Å². The molecular weight excluding hydrogens is 182 g/mol. The molecule has 2 unspecified atom stereocenters. The smallest absolute Gasteiger partial charge is 0.00923 e. The molecule has 1 heteroatoms. The van der Waals surface area contributed by atoms with E-state index < -0.39 is 0 Å². The molecule has 0 radical (unpaired) electrons. The summed E-state index contributed by atoms with van der Waals surface area (Å²) < 4.78 is 0. The topological polar surface area (TPSA) is 12.0 Å². The molecule has 0 heterocycles. The molecule has 0 spiro atoms. The Labute approximate surface area is 96.0 Å². The van der Waals surface area contributed by atoms with Crippen molar-refractivity contribution in [1.29, 1.82) is 0 Å². The molecular formula is C14H29N. The highest BCUT2D eigenvalue weighted by Gasteiger charge is 2.23. The van der Waals surface area contributed by atoms with Crippen molar-refractivity contribution in [3.05, 3.63) is 0 Å². The third-order valence-electron chi connectivity index (χ3n) is 3.79. The van der Waals surface area contributed by atoms with E-state index in [4.69, 9.17) is 0 Å². The number of nitrogens with one attached hydrogen (secondary N) is 1. The first-order valence-electron chi connectivity index (χ1n) is 6.70. The van der Waals surface area contributed by atoms with Crippen LogP contribution in [0.1, 0.15) is 65.7 Å². The molecule has 1 saturated carbocycles. The maximum Gasteiger partial charge on any atom is 0.00923 e. The van der Waals surface area contributed by atoms with E-state index in [1.54, 1.807) is 0 Å². The first-order valence-corrected chi connectivity index (χ1v) is 6.70. The van der Waals surface area contributed by atoms with Crippen LogP contribution >= 0.6 is 0 Å². The second-order valence-corrected chi connectivity index (χ2v) is 6.39. The Kier molecular flexibility index (Phi) is 5.11. The molecule has 90 valence electrons. The summed E-state index contributed by atoms with van der Waals surface area (Å²) in [5.74, 6) is 0.928. The summed E-state index contributed by atoms with van der Waals surface area (Å²) in [7, 11) is 2.14. The van der Waals surface area contributed by atoms with E-state index in [0.29, 0.717) is 5.41 Å². The van der Waals surface area contributed by atoms with Crippen LogP contribution < -0.4 is 5.32 Å². The second-order valence-electron chi connectivity index (χ2n) is 6.39. The van der Waals surface area contributed by atoms with Crippen molar-refractivity contribution < 1.29 is 0 Å². The van der Waals surface area contributed by atoms with E-state index in [1.807, 2.05) is 0 Å². The molecule has 0 aromatic carbocycles. The summed E-state index contributed by atoms with van der Waals surface area (Å²) in [6, 6.07) is 0.787. The molecule has 1 nitrogen and oxygen atoms in total. The molecule has 1 aliphatic rings. The van der Waals surface area contributed by atoms with Gasteiger partial charge in [-0.05, 0) is 44.1 Å². The predicted octanol–water partition coefficient (Wildman–Crippen LogP) is 3.98. The van der Waals surface area contributed by atoms with Gasteiger partial charge in [-0.2, -0.15) is 0 Å². The lowest BCUT2D eigenvalue weighted by Gasteiger charge is -2.28. The van der Waals surface area contributed by atoms with Gasteiger partial charge in [0.25, 0.3) is 0 Å². The summed E-state index contributed by atoms with van der Waals surface area (Å²) in [4.78, 5) is 0. The molecule has 0 aliphatic heterocycles. The molecule has 1 aliphatic carbocycles. The molecule has 0 aromatic heterocycles. The Bertz CT molecular complexity index is 169. The summed E-state index contributed by atoms with van der Waals surface area (Å²) >= 11 is 0. The SMILES string of the molecule is CNC1CCCCCC1CCC(C)(C)C. The Morgan fingerprint density at radius 2 is 1.73 bits per heavy atom. The van der Waals surface area contributed by atoms with E-state index in [9.17, 15) is 0 Å². The monoisotopic (exact) mass is 211 g/mol. The van der Waals surface area contributed by atoms with Crippen LogP contribution in [0.3, 0.4) is 0 Å². The third-order valence-corrected chi connectivity index (χ3v) is 3.79. The first kappa shape index (κ1) is 13.0. The maximum atomic E-state index is 3.53. The van der Waals surface area contributed by atoms with E-state index in [0.717, 1.165) is 12.0 Å². The zero-order chi connectivity index (χ0) is 11.3. The van der Waals surface area contributed by atoms with Gasteiger partial charge < -0.3 is 5.32 Å². The lowest BCUT2D eigenvalue weighted by Crippen LogP contribution is -2.33. The highest BCUT2D eigenvalue weighted by molar-refractivity contribution is 4.79. The standard InChI is InChI=1S/C14H29N/c1-14(2,3)11-10-12-8-6-5-7-9-13(12)15-4/h12-13,15H,5-11H2,1-4H3. The Morgan fingerprint density at radius 1 is 1.07 bits per heavy atom. The predicted molar refractivity (Wildman–Crippen MR) is 68.1 cm³/mol. The maximum absolute atomic E-state index is 3.53. The van der Waals surface area contributed by atoms with Crippen LogP contribution in [-0.4, -0.2) is 13.1 Å². The van der Waals surface area contributed by atoms with Crippen molar-refractivity contribution in [3.63, 3.8) is 0 Å². The van der Waals surface area contributed by atoms with Gasteiger partial charge >= 0.3 is 0 Å². The fourth-order valence-corrected chi connectivity index (χ4v) is 2.73. The van der Waals surface area contributed by atoms with Gasteiger partial charge in [-0.25, -0.2) is 0 Å². The highest BCUT2D eigenvalue weighted by atomic mass is 14.9. The fourth-order valence-electron chi connectivity index (χ4n) is 2.73. The Balaban J connectivity index is 2.41. The molecule has 0 amide bonds. The summed E-state index contributed by atoms with van der Waals surface area (Å²) in [5, 5.41) is 3.53. The largest absolute Gasteiger partial charge is 0.317 e. The van der Waals surface area contributed by atoms with Gasteiger partial charge in [0.05, 0.1) is 0 Å². The normalized spacial score (nSPS) is 28.8. The second kappa shape index (κ2) is 5.89. The van der Waals surface area contributed by atoms with Crippen LogP contribution in [0.4, 0.5) is 0 Å². The molecule has 1 fully saturated rings. The van der Waals surface area contributed by atoms with Crippen molar-refractivity contribution in [1.82, 2.24) is 5.32 Å². The molecule has 0 saturated heterocycles. The van der Waals surface area contributed by atoms with Crippen LogP contribution in [0.15, 0.2) is 0 Å². The molecule has 15 heavy (non-hydrogen) atoms. The zero-order valence-corrected chi connectivity index (χ0v) is 11.1. The van der Waals surface area contributed by atoms with Crippen molar-refractivity contribution >= 4 is 0 Å². The molecule has 0 bridgehead atoms. The Hall–Kier alpha value is -0.0400. The summed E-state index contributed by atoms with van der Waals surface area (Å²) in [6.07, 6.45) is 9.95. The van der Waals surface area contributed by atoms with E-state index >= 15 is 0 Å². The van der Waals surface area contributed by atoms with Gasteiger partial charge in [-0.3, -0.25) is 0 Å². The average molecular weight is 211 g/mol. The molecule has 1 N–H and O–H groups in total. The minimum absolute atomic E-state index is 0.505. The van der Waals surface area contributed by atoms with Crippen molar-refractivity contribution in [2.45, 2.75) is 71.8 Å². The summed E-state index contributed by atoms with van der Waals surface area (Å²) in [5.41, 5.74) is 0.505. The van der Waals surface area contributed by atoms with Crippen LogP contribution in [0.2, 0.25) is 0 Å². The van der Waals surface area contributed by atoms with Crippen molar-refractivity contribution in [2.24, 2.45) is 11.3 Å². The number of hydrogen-bond acceptors (Lipinski definition) is 1. The van der Waals surface area contributed by atoms with Gasteiger partial charge in [-0.15, -0.1) is 0 Å². The fraction of sp³-hybridized carbons (Fsp3) is 1.00. The van der Waals surface area contributed by atoms with Gasteiger partial charge in [0.1, 0.15) is 0 Å². The minimum atomic E-state index is 0.505. The first-order chi connectivity index (χ1) is 7.03. The van der Waals surface area contributed by atoms with Gasteiger partial charge in [0, 0.05) is 6.04 Å². The van der Waals surface area contributed by atoms with Crippen LogP contribution in [0.25, 0.3) is 0 Å². The van der Waals surface area contributed by atoms with Crippen molar-refractivity contribution in [2.75, 3.05) is 7.05 Å². The highest BCUT2D eigenvalue weighted by Crippen LogP contribution is 2.31. The number of hydrogen-bond donors (Lipinski definition) is 1. The quantitative estimate of drug-likeness (QED) is 0.696. The lowest BCUT2D eigenvalue weighted by atomic mass is 9.82. The van der Waals surface area contributed by atoms with Gasteiger partial charge in [0.2, 0.25) is 0 Å². The Morgan fingerprint density at radius 3 is 2.33 bits per heavy atom. The van der Waals surface area contributed by atoms with E-state index in [2.05, 4.69) is 33.1 Å². The average Bonchev–Trinajstić information content (AvgIpc) is 2.37. The zero-order valence-electron chi connectivity index (χ0n) is 11.1.